The van der Waals surface area contributed by atoms with E-state index >= 15 is 0 Å². The number of benzene rings is 2. The van der Waals surface area contributed by atoms with Gasteiger partial charge in [0.1, 0.15) is 12.3 Å². The van der Waals surface area contributed by atoms with Gasteiger partial charge in [-0.15, -0.1) is 0 Å². The molecule has 0 fully saturated rings. The molecule has 0 saturated carbocycles. The second kappa shape index (κ2) is 9.78. The van der Waals surface area contributed by atoms with Crippen LogP contribution in [0.4, 0.5) is 0 Å². The Morgan fingerprint density at radius 2 is 1.81 bits per heavy atom. The number of carboxylic acid groups (broad SMARTS) is 1. The number of carbonyl (C=O) groups is 2. The highest BCUT2D eigenvalue weighted by Gasteiger charge is 2.11. The lowest BCUT2D eigenvalue weighted by atomic mass is 10.1. The average molecular weight is 434 g/mol. The van der Waals surface area contributed by atoms with E-state index in [1.165, 1.54) is 13.0 Å². The fraction of sp³-hybridized carbons (Fsp3) is 0.200. The van der Waals surface area contributed by atoms with Crippen LogP contribution in [0, 0.1) is 0 Å². The van der Waals surface area contributed by atoms with Crippen molar-refractivity contribution in [3.63, 3.8) is 0 Å². The second-order valence-corrected chi connectivity index (χ2v) is 6.51. The number of ether oxygens (including phenoxy) is 2. The van der Waals surface area contributed by atoms with Crippen molar-refractivity contribution < 1.29 is 24.2 Å². The maximum atomic E-state index is 11.3. The maximum Gasteiger partial charge on any atom is 0.352 e. The molecule has 0 saturated heterocycles. The number of nitrogens with one attached hydrogen (secondary N) is 1. The number of aliphatic carboxylic acids is 1. The van der Waals surface area contributed by atoms with Crippen LogP contribution in [0.25, 0.3) is 6.08 Å². The average Bonchev–Trinajstić information content (AvgIpc) is 2.61. The highest BCUT2D eigenvalue weighted by atomic mass is 79.9. The quantitative estimate of drug-likeness (QED) is 0.614. The van der Waals surface area contributed by atoms with Crippen molar-refractivity contribution in [1.29, 1.82) is 0 Å². The zero-order chi connectivity index (χ0) is 19.8. The Morgan fingerprint density at radius 3 is 2.41 bits per heavy atom. The van der Waals surface area contributed by atoms with Crippen molar-refractivity contribution in [2.24, 2.45) is 0 Å². The lowest BCUT2D eigenvalue weighted by Crippen LogP contribution is -2.24. The van der Waals surface area contributed by atoms with Gasteiger partial charge in [0.05, 0.1) is 6.61 Å². The van der Waals surface area contributed by atoms with Crippen LogP contribution in [0.2, 0.25) is 0 Å². The van der Waals surface area contributed by atoms with Gasteiger partial charge in [0.2, 0.25) is 5.91 Å². The number of hydrogen-bond donors (Lipinski definition) is 2. The SMILES string of the molecule is CCOc1cc(/C=C(/NC(C)=O)C(=O)O)ccc1OCc1ccc(Br)cc1. The van der Waals surface area contributed by atoms with E-state index in [0.717, 1.165) is 10.0 Å². The topological polar surface area (TPSA) is 84.9 Å². The Morgan fingerprint density at radius 1 is 1.11 bits per heavy atom. The molecule has 2 aromatic carbocycles. The van der Waals surface area contributed by atoms with Crippen molar-refractivity contribution in [2.75, 3.05) is 6.61 Å². The van der Waals surface area contributed by atoms with Crippen LogP contribution in [0.3, 0.4) is 0 Å². The molecule has 2 aromatic rings. The number of hydrogen-bond acceptors (Lipinski definition) is 4. The lowest BCUT2D eigenvalue weighted by molar-refractivity contribution is -0.134. The molecule has 0 atom stereocenters. The Labute approximate surface area is 165 Å². The van der Waals surface area contributed by atoms with E-state index in [2.05, 4.69) is 21.2 Å². The van der Waals surface area contributed by atoms with Crippen LogP contribution < -0.4 is 14.8 Å². The van der Waals surface area contributed by atoms with Gasteiger partial charge in [-0.05, 0) is 48.4 Å². The molecule has 0 heterocycles. The van der Waals surface area contributed by atoms with E-state index in [0.29, 0.717) is 30.3 Å². The third-order valence-electron chi connectivity index (χ3n) is 3.43. The Bertz CT molecular complexity index is 846. The van der Waals surface area contributed by atoms with Gasteiger partial charge < -0.3 is 19.9 Å². The van der Waals surface area contributed by atoms with Crippen LogP contribution in [0.15, 0.2) is 52.6 Å². The minimum absolute atomic E-state index is 0.214. The van der Waals surface area contributed by atoms with Crippen molar-refractivity contribution in [2.45, 2.75) is 20.5 Å². The fourth-order valence-corrected chi connectivity index (χ4v) is 2.52. The van der Waals surface area contributed by atoms with Gasteiger partial charge in [-0.3, -0.25) is 4.79 Å². The Kier molecular flexibility index (Phi) is 7.43. The first-order chi connectivity index (χ1) is 12.9. The van der Waals surface area contributed by atoms with Crippen molar-refractivity contribution in [3.8, 4) is 11.5 Å². The zero-order valence-electron chi connectivity index (χ0n) is 15.0. The number of carbonyl (C=O) groups excluding carboxylic acids is 1. The van der Waals surface area contributed by atoms with Gasteiger partial charge in [-0.1, -0.05) is 34.1 Å². The summed E-state index contributed by atoms with van der Waals surface area (Å²) in [4.78, 5) is 22.4. The van der Waals surface area contributed by atoms with Crippen LogP contribution in [0.1, 0.15) is 25.0 Å². The van der Waals surface area contributed by atoms with Gasteiger partial charge in [0.15, 0.2) is 11.5 Å². The van der Waals surface area contributed by atoms with E-state index in [4.69, 9.17) is 9.47 Å². The molecular weight excluding hydrogens is 414 g/mol. The van der Waals surface area contributed by atoms with E-state index in [1.54, 1.807) is 18.2 Å². The summed E-state index contributed by atoms with van der Waals surface area (Å²) < 4.78 is 12.4. The van der Waals surface area contributed by atoms with Gasteiger partial charge >= 0.3 is 5.97 Å². The molecule has 2 N–H and O–H groups in total. The summed E-state index contributed by atoms with van der Waals surface area (Å²) in [6, 6.07) is 12.9. The molecule has 1 amide bonds. The minimum Gasteiger partial charge on any atom is -0.490 e. The molecule has 0 spiro atoms. The molecule has 7 heteroatoms. The summed E-state index contributed by atoms with van der Waals surface area (Å²) in [5.74, 6) is -0.633. The normalized spacial score (nSPS) is 11.0. The molecular formula is C20H20BrNO5. The maximum absolute atomic E-state index is 11.3. The largest absolute Gasteiger partial charge is 0.490 e. The highest BCUT2D eigenvalue weighted by molar-refractivity contribution is 9.10. The summed E-state index contributed by atoms with van der Waals surface area (Å²) in [5, 5.41) is 11.5. The standard InChI is InChI=1S/C20H20BrNO5/c1-3-26-19-11-15(10-17(20(24)25)22-13(2)23)6-9-18(19)27-12-14-4-7-16(21)8-5-14/h4-11H,3,12H2,1-2H3,(H,22,23)(H,24,25)/b17-10+. The van der Waals surface area contributed by atoms with E-state index < -0.39 is 11.9 Å². The number of halogens is 1. The van der Waals surface area contributed by atoms with Gasteiger partial charge in [0.25, 0.3) is 0 Å². The van der Waals surface area contributed by atoms with Crippen LogP contribution >= 0.6 is 15.9 Å². The summed E-state index contributed by atoms with van der Waals surface area (Å²) in [6.07, 6.45) is 1.37. The van der Waals surface area contributed by atoms with Crippen molar-refractivity contribution in [3.05, 3.63) is 63.8 Å². The monoisotopic (exact) mass is 433 g/mol. The summed E-state index contributed by atoms with van der Waals surface area (Å²) >= 11 is 3.39. The smallest absolute Gasteiger partial charge is 0.352 e. The summed E-state index contributed by atoms with van der Waals surface area (Å²) in [5.41, 5.74) is 1.36. The first-order valence-electron chi connectivity index (χ1n) is 8.25. The molecule has 0 aliphatic carbocycles. The van der Waals surface area contributed by atoms with Crippen molar-refractivity contribution >= 4 is 33.9 Å². The molecule has 0 radical (unpaired) electrons. The van der Waals surface area contributed by atoms with Crippen LogP contribution in [-0.2, 0) is 16.2 Å². The molecule has 2 rings (SSSR count). The summed E-state index contributed by atoms with van der Waals surface area (Å²) in [7, 11) is 0. The van der Waals surface area contributed by atoms with Crippen LogP contribution in [0.5, 0.6) is 11.5 Å². The van der Waals surface area contributed by atoms with Crippen molar-refractivity contribution in [1.82, 2.24) is 5.32 Å². The number of rotatable bonds is 8. The lowest BCUT2D eigenvalue weighted by Gasteiger charge is -2.13. The molecule has 0 bridgehead atoms. The van der Waals surface area contributed by atoms with Gasteiger partial charge in [-0.25, -0.2) is 4.79 Å². The van der Waals surface area contributed by atoms with E-state index in [-0.39, 0.29) is 5.70 Å². The van der Waals surface area contributed by atoms with Gasteiger partial charge in [-0.2, -0.15) is 0 Å². The number of amides is 1. The first kappa shape index (κ1) is 20.5. The fourth-order valence-electron chi connectivity index (χ4n) is 2.25. The molecule has 142 valence electrons. The van der Waals surface area contributed by atoms with Gasteiger partial charge in [0, 0.05) is 11.4 Å². The van der Waals surface area contributed by atoms with E-state index in [9.17, 15) is 14.7 Å². The number of carboxylic acids is 1. The Balaban J connectivity index is 2.23. The Hall–Kier alpha value is -2.80. The first-order valence-corrected chi connectivity index (χ1v) is 9.05. The molecule has 6 nitrogen and oxygen atoms in total. The molecule has 0 aliphatic rings. The zero-order valence-corrected chi connectivity index (χ0v) is 16.6. The second-order valence-electron chi connectivity index (χ2n) is 5.60. The predicted molar refractivity (Wildman–Crippen MR) is 106 cm³/mol. The molecule has 0 unspecified atom stereocenters. The third-order valence-corrected chi connectivity index (χ3v) is 3.96. The third kappa shape index (κ3) is 6.45. The minimum atomic E-state index is -1.22. The molecule has 0 aliphatic heterocycles. The van der Waals surface area contributed by atoms with Crippen LogP contribution in [-0.4, -0.2) is 23.6 Å². The molecule has 27 heavy (non-hydrogen) atoms. The molecule has 0 aromatic heterocycles. The predicted octanol–water partition coefficient (Wildman–Crippen LogP) is 3.99. The summed E-state index contributed by atoms with van der Waals surface area (Å²) in [6.45, 7) is 3.90. The highest BCUT2D eigenvalue weighted by Crippen LogP contribution is 2.30. The van der Waals surface area contributed by atoms with E-state index in [1.807, 2.05) is 31.2 Å².